The first kappa shape index (κ1) is 99.7. The lowest BCUT2D eigenvalue weighted by Gasteiger charge is -1.94. The fourth-order valence-corrected chi connectivity index (χ4v) is 20.1. The maximum Gasteiger partial charge on any atom is 0.673 e. The summed E-state index contributed by atoms with van der Waals surface area (Å²) in [7, 11) is -36.0. The zero-order chi connectivity index (χ0) is 80.6. The predicted molar refractivity (Wildman–Crippen MR) is 363 cm³/mol. The third-order valence-electron chi connectivity index (χ3n) is 10.1. The van der Waals surface area contributed by atoms with Gasteiger partial charge in [0.2, 0.25) is 0 Å². The summed E-state index contributed by atoms with van der Waals surface area (Å²) >= 11 is 0.172. The smallest absolute Gasteiger partial charge is 0.418 e. The van der Waals surface area contributed by atoms with Crippen molar-refractivity contribution in [3.05, 3.63) is 407 Å². The maximum absolute atomic E-state index is 9.75. The van der Waals surface area contributed by atoms with Crippen LogP contribution in [0.1, 0.15) is 0 Å². The first-order valence-corrected chi connectivity index (χ1v) is 43.4. The SMILES string of the molecule is F[B-](F)(F)F.F[B-](F)(F)F.F[B-](F)(F)F.F[B-](F)(F)F.F[B-](F)(F)F.F[B-](F)(F)F.c1ccc([I+]c2ccccc2)cc1.c1ccc([I+]c2ccccc2)cc1.c1ccc([I+]c2ccccc2)cc1.c1ccc([I+]c2ccccc2)cc1.c1ccc([I+]c2ccccc2)cc1.c1ccc([I+]c2ccccc2)cc1. The molecule has 0 heterocycles. The van der Waals surface area contributed by atoms with Crippen molar-refractivity contribution in [2.75, 3.05) is 0 Å². The van der Waals surface area contributed by atoms with Gasteiger partial charge in [0.15, 0.2) is 42.8 Å². The highest BCUT2D eigenvalue weighted by atomic mass is 127. The van der Waals surface area contributed by atoms with Gasteiger partial charge in [-0.05, 0) is 146 Å². The van der Waals surface area contributed by atoms with E-state index in [9.17, 15) is 104 Å². The number of halogens is 30. The molecular formula is C72H60B6F24I6. The molecule has 0 aromatic heterocycles. The minimum absolute atomic E-state index is 0.0287. The molecule has 0 aliphatic heterocycles. The zero-order valence-electron chi connectivity index (χ0n) is 55.4. The lowest BCUT2D eigenvalue weighted by atomic mass is 10.3. The van der Waals surface area contributed by atoms with E-state index in [2.05, 4.69) is 364 Å². The Balaban J connectivity index is 0.000000603. The lowest BCUT2D eigenvalue weighted by molar-refractivity contribution is -0.597. The van der Waals surface area contributed by atoms with E-state index in [1.807, 2.05) is 0 Å². The van der Waals surface area contributed by atoms with Crippen LogP contribution in [-0.4, -0.2) is 43.5 Å². The van der Waals surface area contributed by atoms with E-state index in [0.29, 0.717) is 0 Å². The van der Waals surface area contributed by atoms with Gasteiger partial charge in [0, 0.05) is 0 Å². The molecule has 12 rings (SSSR count). The molecule has 0 aliphatic carbocycles. The summed E-state index contributed by atoms with van der Waals surface area (Å²) in [5, 5.41) is 0. The fraction of sp³-hybridized carbons (Fsp3) is 0. The summed E-state index contributed by atoms with van der Waals surface area (Å²) in [6, 6.07) is 128. The third-order valence-corrected chi connectivity index (χ3v) is 26.2. The van der Waals surface area contributed by atoms with Crippen molar-refractivity contribution in [3.8, 4) is 0 Å². The van der Waals surface area contributed by atoms with E-state index < -0.39 is 43.5 Å². The van der Waals surface area contributed by atoms with E-state index in [4.69, 9.17) is 0 Å². The molecule has 12 aromatic carbocycles. The Morgan fingerprint density at radius 3 is 0.194 bits per heavy atom. The summed E-state index contributed by atoms with van der Waals surface area (Å²) in [6.45, 7) is 0. The Bertz CT molecular complexity index is 3100. The molecule has 36 heteroatoms. The topological polar surface area (TPSA) is 0 Å². The highest BCUT2D eigenvalue weighted by Gasteiger charge is 2.24. The standard InChI is InChI=1S/6C12H10I.6BF4/c6*1-3-7-11(8-4-1)13-12-9-5-2-6-10-12;6*2-1(3,4)5/h6*1-10H;;;;;;/q6*+1;6*-1. The third kappa shape index (κ3) is 75.2. The summed E-state index contributed by atoms with van der Waals surface area (Å²) in [5.41, 5.74) is 0. The second kappa shape index (κ2) is 57.7. The molecule has 0 saturated heterocycles. The molecule has 0 unspecified atom stereocenters. The van der Waals surface area contributed by atoms with E-state index in [1.165, 1.54) is 42.8 Å². The Labute approximate surface area is 674 Å². The molecule has 0 fully saturated rings. The van der Waals surface area contributed by atoms with Crippen molar-refractivity contribution < 1.29 is 231 Å². The minimum atomic E-state index is -6.00. The normalized spacial score (nSPS) is 10.4. The van der Waals surface area contributed by atoms with Crippen LogP contribution in [0.5, 0.6) is 0 Å². The van der Waals surface area contributed by atoms with Crippen molar-refractivity contribution in [2.24, 2.45) is 0 Å². The van der Waals surface area contributed by atoms with Gasteiger partial charge in [-0.1, -0.05) is 218 Å². The summed E-state index contributed by atoms with van der Waals surface area (Å²) in [6.07, 6.45) is 0. The van der Waals surface area contributed by atoms with Crippen LogP contribution in [0.3, 0.4) is 0 Å². The first-order chi connectivity index (χ1) is 50.7. The molecule has 0 radical (unpaired) electrons. The van der Waals surface area contributed by atoms with E-state index in [0.717, 1.165) is 0 Å². The number of benzene rings is 12. The fourth-order valence-electron chi connectivity index (χ4n) is 6.49. The van der Waals surface area contributed by atoms with E-state index in [1.54, 1.807) is 0 Å². The molecule has 576 valence electrons. The van der Waals surface area contributed by atoms with Gasteiger partial charge in [-0.2, -0.15) is 0 Å². The molecule has 0 amide bonds. The van der Waals surface area contributed by atoms with Crippen molar-refractivity contribution in [2.45, 2.75) is 0 Å². The van der Waals surface area contributed by atoms with Gasteiger partial charge in [-0.3, -0.25) is 0 Å². The van der Waals surface area contributed by atoms with Crippen LogP contribution in [0, 0.1) is 42.8 Å². The minimum Gasteiger partial charge on any atom is -0.418 e. The summed E-state index contributed by atoms with van der Waals surface area (Å²) in [4.78, 5) is 0. The number of rotatable bonds is 12. The molecular weight excluding hydrogens is 2150 g/mol. The van der Waals surface area contributed by atoms with Crippen LogP contribution < -0.4 is 127 Å². The molecule has 0 nitrogen and oxygen atoms in total. The number of hydrogen-bond acceptors (Lipinski definition) is 0. The Morgan fingerprint density at radius 2 is 0.148 bits per heavy atom. The molecule has 0 bridgehead atoms. The van der Waals surface area contributed by atoms with Gasteiger partial charge in [0.25, 0.3) is 0 Å². The van der Waals surface area contributed by atoms with Gasteiger partial charge < -0.3 is 104 Å². The Morgan fingerprint density at radius 1 is 0.102 bits per heavy atom. The van der Waals surface area contributed by atoms with E-state index in [-0.39, 0.29) is 127 Å². The molecule has 0 N–H and O–H groups in total. The van der Waals surface area contributed by atoms with Gasteiger partial charge in [0.1, 0.15) is 0 Å². The second-order valence-corrected chi connectivity index (χ2v) is 37.3. The highest BCUT2D eigenvalue weighted by Crippen LogP contribution is 2.10. The van der Waals surface area contributed by atoms with Crippen LogP contribution in [-0.2, 0) is 0 Å². The van der Waals surface area contributed by atoms with Crippen LogP contribution in [0.25, 0.3) is 0 Å². The van der Waals surface area contributed by atoms with Crippen molar-refractivity contribution >= 4 is 43.5 Å². The van der Waals surface area contributed by atoms with Crippen molar-refractivity contribution in [3.63, 3.8) is 0 Å². The van der Waals surface area contributed by atoms with Crippen molar-refractivity contribution in [1.82, 2.24) is 0 Å². The Hall–Kier alpha value is -6.27. The largest absolute Gasteiger partial charge is 0.673 e. The van der Waals surface area contributed by atoms with Crippen LogP contribution >= 0.6 is 0 Å². The molecule has 108 heavy (non-hydrogen) atoms. The summed E-state index contributed by atoms with van der Waals surface area (Å²) < 4.78 is 252. The van der Waals surface area contributed by atoms with Crippen LogP contribution in [0.15, 0.2) is 364 Å². The first-order valence-electron chi connectivity index (χ1n) is 30.4. The molecule has 0 atom stereocenters. The van der Waals surface area contributed by atoms with E-state index >= 15 is 0 Å². The zero-order valence-corrected chi connectivity index (χ0v) is 68.4. The second-order valence-electron chi connectivity index (χ2n) is 19.1. The lowest BCUT2D eigenvalue weighted by Crippen LogP contribution is -3.61. The maximum atomic E-state index is 9.75. The number of hydrogen-bond donors (Lipinski definition) is 0. The predicted octanol–water partition coefficient (Wildman–Crippen LogP) is 6.69. The molecule has 0 aliphatic rings. The van der Waals surface area contributed by atoms with Gasteiger partial charge in [-0.25, -0.2) is 0 Å². The molecule has 0 saturated carbocycles. The van der Waals surface area contributed by atoms with Gasteiger partial charge in [-0.15, -0.1) is 0 Å². The van der Waals surface area contributed by atoms with Gasteiger partial charge >= 0.3 is 171 Å². The Kier molecular flexibility index (Phi) is 53.3. The summed E-state index contributed by atoms with van der Waals surface area (Å²) in [5.74, 6) is 0. The molecule has 12 aromatic rings. The quantitative estimate of drug-likeness (QED) is 0.0728. The van der Waals surface area contributed by atoms with Crippen molar-refractivity contribution in [1.29, 1.82) is 0 Å². The highest BCUT2D eigenvalue weighted by molar-refractivity contribution is 6.51. The van der Waals surface area contributed by atoms with Crippen LogP contribution in [0.4, 0.5) is 104 Å². The van der Waals surface area contributed by atoms with Gasteiger partial charge in [0.05, 0.1) is 0 Å². The average Bonchev–Trinajstić information content (AvgIpc) is 0.944. The monoisotopic (exact) mass is 2210 g/mol. The average molecular weight is 2210 g/mol. The molecule has 0 spiro atoms. The van der Waals surface area contributed by atoms with Crippen LogP contribution in [0.2, 0.25) is 0 Å².